The standard InChI is InChI=1S/C15H17ClN2O2.ClH/c1-9-11-5-2-6-12(16)14(11)20-13(9)15(19)18-10-4-3-7-17-8-10;/h2,5-6,10,17H,3-4,7-8H2,1H3,(H,18,19);1H/t10-;/m0./s1. The highest BCUT2D eigenvalue weighted by atomic mass is 35.5. The average Bonchev–Trinajstić information content (AvgIpc) is 2.79. The van der Waals surface area contributed by atoms with Gasteiger partial charge in [0.05, 0.1) is 5.02 Å². The molecular weight excluding hydrogens is 311 g/mol. The number of furan rings is 1. The van der Waals surface area contributed by atoms with Crippen LogP contribution in [-0.4, -0.2) is 25.0 Å². The van der Waals surface area contributed by atoms with E-state index in [0.717, 1.165) is 36.9 Å². The molecule has 1 aliphatic heterocycles. The molecule has 0 radical (unpaired) electrons. The molecule has 1 atom stereocenters. The molecule has 1 aromatic carbocycles. The first-order chi connectivity index (χ1) is 9.66. The van der Waals surface area contributed by atoms with Crippen molar-refractivity contribution in [3.63, 3.8) is 0 Å². The summed E-state index contributed by atoms with van der Waals surface area (Å²) in [7, 11) is 0. The van der Waals surface area contributed by atoms with Gasteiger partial charge in [0.15, 0.2) is 11.3 Å². The molecule has 1 aromatic heterocycles. The van der Waals surface area contributed by atoms with Crippen molar-refractivity contribution in [1.29, 1.82) is 0 Å². The van der Waals surface area contributed by atoms with Crippen molar-refractivity contribution in [1.82, 2.24) is 10.6 Å². The van der Waals surface area contributed by atoms with Crippen molar-refractivity contribution in [2.24, 2.45) is 0 Å². The second kappa shape index (κ2) is 6.69. The molecule has 4 nitrogen and oxygen atoms in total. The lowest BCUT2D eigenvalue weighted by Crippen LogP contribution is -2.45. The van der Waals surface area contributed by atoms with Crippen LogP contribution in [0.15, 0.2) is 22.6 Å². The van der Waals surface area contributed by atoms with Gasteiger partial charge in [-0.15, -0.1) is 12.4 Å². The van der Waals surface area contributed by atoms with E-state index in [1.54, 1.807) is 6.07 Å². The molecule has 0 unspecified atom stereocenters. The predicted molar refractivity (Wildman–Crippen MR) is 86.6 cm³/mol. The maximum atomic E-state index is 12.3. The van der Waals surface area contributed by atoms with Crippen LogP contribution in [0.5, 0.6) is 0 Å². The summed E-state index contributed by atoms with van der Waals surface area (Å²) in [6.07, 6.45) is 2.08. The van der Waals surface area contributed by atoms with Crippen molar-refractivity contribution < 1.29 is 9.21 Å². The fourth-order valence-electron chi connectivity index (χ4n) is 2.65. The van der Waals surface area contributed by atoms with Crippen molar-refractivity contribution in [2.75, 3.05) is 13.1 Å². The second-order valence-corrected chi connectivity index (χ2v) is 5.60. The molecule has 114 valence electrons. The van der Waals surface area contributed by atoms with Crippen LogP contribution in [0.2, 0.25) is 5.02 Å². The van der Waals surface area contributed by atoms with Gasteiger partial charge < -0.3 is 15.1 Å². The van der Waals surface area contributed by atoms with Crippen molar-refractivity contribution in [2.45, 2.75) is 25.8 Å². The lowest BCUT2D eigenvalue weighted by atomic mass is 10.1. The quantitative estimate of drug-likeness (QED) is 0.889. The summed E-state index contributed by atoms with van der Waals surface area (Å²) in [5, 5.41) is 7.72. The Hall–Kier alpha value is -1.23. The number of halogens is 2. The van der Waals surface area contributed by atoms with E-state index in [4.69, 9.17) is 16.0 Å². The van der Waals surface area contributed by atoms with Crippen molar-refractivity contribution >= 4 is 40.9 Å². The van der Waals surface area contributed by atoms with Crippen LogP contribution in [0.4, 0.5) is 0 Å². The summed E-state index contributed by atoms with van der Waals surface area (Å²) in [5.74, 6) is 0.196. The van der Waals surface area contributed by atoms with E-state index in [1.165, 1.54) is 0 Å². The third-order valence-electron chi connectivity index (χ3n) is 3.75. The molecule has 0 spiro atoms. The number of hydrogen-bond donors (Lipinski definition) is 2. The third-order valence-corrected chi connectivity index (χ3v) is 4.05. The van der Waals surface area contributed by atoms with Gasteiger partial charge in [-0.2, -0.15) is 0 Å². The Kier molecular flexibility index (Phi) is 5.14. The van der Waals surface area contributed by atoms with Gasteiger partial charge >= 0.3 is 0 Å². The van der Waals surface area contributed by atoms with E-state index in [0.29, 0.717) is 16.4 Å². The summed E-state index contributed by atoms with van der Waals surface area (Å²) < 4.78 is 5.67. The van der Waals surface area contributed by atoms with Crippen LogP contribution in [0, 0.1) is 6.92 Å². The zero-order valence-electron chi connectivity index (χ0n) is 11.7. The summed E-state index contributed by atoms with van der Waals surface area (Å²) in [6, 6.07) is 5.71. The number of fused-ring (bicyclic) bond motifs is 1. The first kappa shape index (κ1) is 16.1. The number of hydrogen-bond acceptors (Lipinski definition) is 3. The Morgan fingerprint density at radius 2 is 2.29 bits per heavy atom. The topological polar surface area (TPSA) is 54.3 Å². The van der Waals surface area contributed by atoms with Gasteiger partial charge in [0.25, 0.3) is 5.91 Å². The molecule has 6 heteroatoms. The fraction of sp³-hybridized carbons (Fsp3) is 0.400. The van der Waals surface area contributed by atoms with Crippen molar-refractivity contribution in [3.8, 4) is 0 Å². The number of rotatable bonds is 2. The maximum absolute atomic E-state index is 12.3. The van der Waals surface area contributed by atoms with Gasteiger partial charge in [-0.1, -0.05) is 23.7 Å². The predicted octanol–water partition coefficient (Wildman–Crippen LogP) is 3.30. The minimum atomic E-state index is -0.163. The van der Waals surface area contributed by atoms with Gasteiger partial charge in [0.2, 0.25) is 0 Å². The number of carbonyl (C=O) groups is 1. The van der Waals surface area contributed by atoms with E-state index in [1.807, 2.05) is 19.1 Å². The minimum absolute atomic E-state index is 0. The molecule has 3 rings (SSSR count). The van der Waals surface area contributed by atoms with Gasteiger partial charge in [-0.25, -0.2) is 0 Å². The number of carbonyl (C=O) groups excluding carboxylic acids is 1. The smallest absolute Gasteiger partial charge is 0.287 e. The normalized spacial score (nSPS) is 18.3. The molecule has 0 saturated carbocycles. The van der Waals surface area contributed by atoms with E-state index in [2.05, 4.69) is 10.6 Å². The highest BCUT2D eigenvalue weighted by Crippen LogP contribution is 2.30. The molecule has 2 heterocycles. The van der Waals surface area contributed by atoms with Gasteiger partial charge in [0.1, 0.15) is 0 Å². The molecule has 1 saturated heterocycles. The number of amides is 1. The van der Waals surface area contributed by atoms with Crippen LogP contribution in [-0.2, 0) is 0 Å². The summed E-state index contributed by atoms with van der Waals surface area (Å²) >= 11 is 6.10. The molecule has 1 aliphatic rings. The Morgan fingerprint density at radius 1 is 1.48 bits per heavy atom. The number of benzene rings is 1. The van der Waals surface area contributed by atoms with Crippen LogP contribution < -0.4 is 10.6 Å². The lowest BCUT2D eigenvalue weighted by Gasteiger charge is -2.23. The molecule has 21 heavy (non-hydrogen) atoms. The Bertz CT molecular complexity index is 648. The van der Waals surface area contributed by atoms with Crippen LogP contribution in [0.25, 0.3) is 11.0 Å². The zero-order chi connectivity index (χ0) is 14.1. The molecule has 2 N–H and O–H groups in total. The Balaban J connectivity index is 0.00000161. The first-order valence-corrected chi connectivity index (χ1v) is 7.24. The number of aryl methyl sites for hydroxylation is 1. The van der Waals surface area contributed by atoms with E-state index < -0.39 is 0 Å². The second-order valence-electron chi connectivity index (χ2n) is 5.19. The van der Waals surface area contributed by atoms with E-state index >= 15 is 0 Å². The van der Waals surface area contributed by atoms with Crippen LogP contribution in [0.1, 0.15) is 29.0 Å². The average molecular weight is 329 g/mol. The molecule has 1 amide bonds. The first-order valence-electron chi connectivity index (χ1n) is 6.86. The molecule has 2 aromatic rings. The summed E-state index contributed by atoms with van der Waals surface area (Å²) in [4.78, 5) is 12.3. The lowest BCUT2D eigenvalue weighted by molar-refractivity contribution is 0.0904. The number of piperidine rings is 1. The van der Waals surface area contributed by atoms with Crippen LogP contribution in [0.3, 0.4) is 0 Å². The number of para-hydroxylation sites is 1. The largest absolute Gasteiger partial charge is 0.449 e. The Morgan fingerprint density at radius 3 is 2.95 bits per heavy atom. The zero-order valence-corrected chi connectivity index (χ0v) is 13.3. The molecule has 1 fully saturated rings. The summed E-state index contributed by atoms with van der Waals surface area (Å²) in [6.45, 7) is 3.72. The Labute approximate surface area is 134 Å². The van der Waals surface area contributed by atoms with Gasteiger partial charge in [0, 0.05) is 23.5 Å². The SMILES string of the molecule is Cc1c(C(=O)N[C@H]2CCCNC2)oc2c(Cl)cccc12.Cl. The monoisotopic (exact) mass is 328 g/mol. The maximum Gasteiger partial charge on any atom is 0.287 e. The fourth-order valence-corrected chi connectivity index (χ4v) is 2.86. The van der Waals surface area contributed by atoms with E-state index in [9.17, 15) is 4.79 Å². The molecule has 0 aliphatic carbocycles. The van der Waals surface area contributed by atoms with Crippen LogP contribution >= 0.6 is 24.0 Å². The van der Waals surface area contributed by atoms with E-state index in [-0.39, 0.29) is 24.4 Å². The highest BCUT2D eigenvalue weighted by molar-refractivity contribution is 6.35. The highest BCUT2D eigenvalue weighted by Gasteiger charge is 2.22. The van der Waals surface area contributed by atoms with Gasteiger partial charge in [-0.3, -0.25) is 4.79 Å². The molecular formula is C15H18Cl2N2O2. The summed E-state index contributed by atoms with van der Waals surface area (Å²) in [5.41, 5.74) is 1.42. The molecule has 0 bridgehead atoms. The third kappa shape index (κ3) is 3.18. The van der Waals surface area contributed by atoms with Crippen molar-refractivity contribution in [3.05, 3.63) is 34.5 Å². The van der Waals surface area contributed by atoms with Gasteiger partial charge in [-0.05, 0) is 32.4 Å². The number of nitrogens with one attached hydrogen (secondary N) is 2. The minimum Gasteiger partial charge on any atom is -0.449 e.